The highest BCUT2D eigenvalue weighted by Gasteiger charge is 2.02. The minimum absolute atomic E-state index is 0.0520. The van der Waals surface area contributed by atoms with Gasteiger partial charge in [0.2, 0.25) is 0 Å². The molecule has 2 rings (SSSR count). The van der Waals surface area contributed by atoms with Crippen molar-refractivity contribution in [1.29, 1.82) is 0 Å². The maximum Gasteiger partial charge on any atom is 0.257 e. The normalized spacial score (nSPS) is 10.5. The Balaban J connectivity index is 3.09. The van der Waals surface area contributed by atoms with Gasteiger partial charge in [0, 0.05) is 10.5 Å². The largest absolute Gasteiger partial charge is 0.494 e. The zero-order valence-corrected chi connectivity index (χ0v) is 8.15. The van der Waals surface area contributed by atoms with Gasteiger partial charge in [0.15, 0.2) is 5.88 Å². The van der Waals surface area contributed by atoms with Gasteiger partial charge in [-0.05, 0) is 34.1 Å². The molecule has 0 unspecified atom stereocenters. The van der Waals surface area contributed by atoms with E-state index >= 15 is 0 Å². The molecule has 0 fully saturated rings. The van der Waals surface area contributed by atoms with E-state index in [1.807, 2.05) is 0 Å². The lowest BCUT2D eigenvalue weighted by atomic mass is 10.3. The molecule has 1 N–H and O–H groups in total. The van der Waals surface area contributed by atoms with Crippen molar-refractivity contribution in [3.8, 4) is 5.88 Å². The molecule has 0 aromatic carbocycles. The molecule has 2 heterocycles. The molecular formula is C9H6BrNO2. The van der Waals surface area contributed by atoms with Crippen molar-refractivity contribution in [2.24, 2.45) is 0 Å². The highest BCUT2D eigenvalue weighted by molar-refractivity contribution is 9.10. The second-order valence-electron chi connectivity index (χ2n) is 2.62. The Hall–Kier alpha value is -1.29. The minimum Gasteiger partial charge on any atom is -0.494 e. The molecule has 0 amide bonds. The molecule has 4 heteroatoms. The van der Waals surface area contributed by atoms with E-state index in [-0.39, 0.29) is 11.4 Å². The Morgan fingerprint density at radius 1 is 1.23 bits per heavy atom. The van der Waals surface area contributed by atoms with Gasteiger partial charge in [-0.15, -0.1) is 0 Å². The van der Waals surface area contributed by atoms with Crippen LogP contribution in [-0.4, -0.2) is 9.51 Å². The fraction of sp³-hybridized carbons (Fsp3) is 0. The first kappa shape index (κ1) is 8.31. The van der Waals surface area contributed by atoms with Gasteiger partial charge < -0.3 is 5.11 Å². The third-order valence-electron chi connectivity index (χ3n) is 1.81. The molecule has 0 bridgehead atoms. The Morgan fingerprint density at radius 2 is 2.00 bits per heavy atom. The number of aromatic nitrogens is 1. The molecule has 66 valence electrons. The SMILES string of the molecule is O=c1cccc2c(Br)ccc(O)n12. The second-order valence-corrected chi connectivity index (χ2v) is 3.48. The number of pyridine rings is 2. The Kier molecular flexibility index (Phi) is 1.84. The maximum atomic E-state index is 11.3. The predicted octanol–water partition coefficient (Wildman–Crippen LogP) is 1.77. The van der Waals surface area contributed by atoms with Crippen LogP contribution in [0.2, 0.25) is 0 Å². The molecule has 0 aliphatic heterocycles. The van der Waals surface area contributed by atoms with E-state index in [9.17, 15) is 9.90 Å². The number of rotatable bonds is 0. The smallest absolute Gasteiger partial charge is 0.257 e. The van der Waals surface area contributed by atoms with Crippen molar-refractivity contribution in [1.82, 2.24) is 4.40 Å². The Labute approximate surface area is 82.4 Å². The molecule has 0 saturated carbocycles. The van der Waals surface area contributed by atoms with E-state index < -0.39 is 0 Å². The van der Waals surface area contributed by atoms with Gasteiger partial charge in [-0.2, -0.15) is 0 Å². The van der Waals surface area contributed by atoms with Crippen LogP contribution in [0.5, 0.6) is 5.88 Å². The third kappa shape index (κ3) is 1.23. The monoisotopic (exact) mass is 239 g/mol. The molecule has 0 radical (unpaired) electrons. The molecule has 0 aliphatic carbocycles. The number of fused-ring (bicyclic) bond motifs is 1. The summed E-state index contributed by atoms with van der Waals surface area (Å²) in [5.74, 6) is -0.0520. The molecule has 3 nitrogen and oxygen atoms in total. The van der Waals surface area contributed by atoms with Crippen molar-refractivity contribution in [2.45, 2.75) is 0 Å². The van der Waals surface area contributed by atoms with Crippen LogP contribution < -0.4 is 5.56 Å². The molecule has 0 saturated heterocycles. The molecule has 2 aromatic rings. The second kappa shape index (κ2) is 2.88. The Morgan fingerprint density at radius 3 is 2.69 bits per heavy atom. The zero-order valence-electron chi connectivity index (χ0n) is 6.57. The van der Waals surface area contributed by atoms with Crippen LogP contribution in [0.3, 0.4) is 0 Å². The van der Waals surface area contributed by atoms with Gasteiger partial charge in [0.05, 0.1) is 5.52 Å². The van der Waals surface area contributed by atoms with E-state index in [1.165, 1.54) is 16.5 Å². The van der Waals surface area contributed by atoms with Gasteiger partial charge in [-0.25, -0.2) is 4.40 Å². The van der Waals surface area contributed by atoms with E-state index in [0.717, 1.165) is 4.47 Å². The van der Waals surface area contributed by atoms with Crippen LogP contribution in [0, 0.1) is 0 Å². The Bertz CT molecular complexity index is 518. The van der Waals surface area contributed by atoms with Crippen molar-refractivity contribution >= 4 is 21.4 Å². The van der Waals surface area contributed by atoms with Crippen LogP contribution in [0.4, 0.5) is 0 Å². The lowest BCUT2D eigenvalue weighted by Crippen LogP contribution is -2.11. The lowest BCUT2D eigenvalue weighted by molar-refractivity contribution is 0.443. The molecule has 0 spiro atoms. The van der Waals surface area contributed by atoms with Gasteiger partial charge in [-0.3, -0.25) is 4.79 Å². The van der Waals surface area contributed by atoms with Crippen LogP contribution in [0.15, 0.2) is 39.6 Å². The third-order valence-corrected chi connectivity index (χ3v) is 2.48. The van der Waals surface area contributed by atoms with Crippen molar-refractivity contribution in [2.75, 3.05) is 0 Å². The quantitative estimate of drug-likeness (QED) is 0.762. The van der Waals surface area contributed by atoms with Crippen molar-refractivity contribution < 1.29 is 5.11 Å². The lowest BCUT2D eigenvalue weighted by Gasteiger charge is -2.03. The molecule has 13 heavy (non-hydrogen) atoms. The topological polar surface area (TPSA) is 41.7 Å². The fourth-order valence-corrected chi connectivity index (χ4v) is 1.66. The minimum atomic E-state index is -0.240. The molecule has 0 aliphatic rings. The van der Waals surface area contributed by atoms with E-state index in [4.69, 9.17) is 0 Å². The summed E-state index contributed by atoms with van der Waals surface area (Å²) < 4.78 is 2.02. The van der Waals surface area contributed by atoms with Crippen LogP contribution in [-0.2, 0) is 0 Å². The number of nitrogens with zero attached hydrogens (tertiary/aromatic N) is 1. The van der Waals surface area contributed by atoms with Crippen LogP contribution in [0.25, 0.3) is 5.52 Å². The van der Waals surface area contributed by atoms with Crippen LogP contribution in [0.1, 0.15) is 0 Å². The first-order chi connectivity index (χ1) is 6.20. The summed E-state index contributed by atoms with van der Waals surface area (Å²) in [4.78, 5) is 11.3. The van der Waals surface area contributed by atoms with E-state index in [2.05, 4.69) is 15.9 Å². The van der Waals surface area contributed by atoms with E-state index in [1.54, 1.807) is 18.2 Å². The maximum absolute atomic E-state index is 11.3. The van der Waals surface area contributed by atoms with Gasteiger partial charge in [0.25, 0.3) is 5.56 Å². The predicted molar refractivity (Wildman–Crippen MR) is 53.0 cm³/mol. The number of hydrogen-bond acceptors (Lipinski definition) is 2. The van der Waals surface area contributed by atoms with Crippen molar-refractivity contribution in [3.63, 3.8) is 0 Å². The van der Waals surface area contributed by atoms with Gasteiger partial charge >= 0.3 is 0 Å². The zero-order chi connectivity index (χ0) is 9.42. The molecular weight excluding hydrogens is 234 g/mol. The summed E-state index contributed by atoms with van der Waals surface area (Å²) in [5.41, 5.74) is 0.420. The number of aromatic hydroxyl groups is 1. The summed E-state index contributed by atoms with van der Waals surface area (Å²) >= 11 is 3.29. The van der Waals surface area contributed by atoms with Crippen molar-refractivity contribution in [3.05, 3.63) is 45.2 Å². The van der Waals surface area contributed by atoms with E-state index in [0.29, 0.717) is 5.52 Å². The number of hydrogen-bond donors (Lipinski definition) is 1. The highest BCUT2D eigenvalue weighted by atomic mass is 79.9. The first-order valence-electron chi connectivity index (χ1n) is 3.69. The number of halogens is 1. The highest BCUT2D eigenvalue weighted by Crippen LogP contribution is 2.20. The standard InChI is InChI=1S/C9H6BrNO2/c10-6-4-5-9(13)11-7(6)2-1-3-8(11)12/h1-5,13H. The summed E-state index contributed by atoms with van der Waals surface area (Å²) in [5, 5.41) is 9.42. The fourth-order valence-electron chi connectivity index (χ4n) is 1.22. The van der Waals surface area contributed by atoms with Gasteiger partial charge in [0.1, 0.15) is 0 Å². The van der Waals surface area contributed by atoms with Crippen LogP contribution >= 0.6 is 15.9 Å². The molecule has 0 atom stereocenters. The average Bonchev–Trinajstić information content (AvgIpc) is 2.12. The molecule has 2 aromatic heterocycles. The summed E-state index contributed by atoms with van der Waals surface area (Å²) in [6, 6.07) is 7.98. The van der Waals surface area contributed by atoms with Gasteiger partial charge in [-0.1, -0.05) is 6.07 Å². The average molecular weight is 240 g/mol. The summed E-state index contributed by atoms with van der Waals surface area (Å²) in [6.45, 7) is 0. The summed E-state index contributed by atoms with van der Waals surface area (Å²) in [7, 11) is 0. The summed E-state index contributed by atoms with van der Waals surface area (Å²) in [6.07, 6.45) is 0. The first-order valence-corrected chi connectivity index (χ1v) is 4.49.